The predicted molar refractivity (Wildman–Crippen MR) is 128 cm³/mol. The molecule has 4 atom stereocenters. The van der Waals surface area contributed by atoms with Gasteiger partial charge in [-0.3, -0.25) is 14.9 Å². The van der Waals surface area contributed by atoms with Crippen molar-refractivity contribution in [3.63, 3.8) is 0 Å². The summed E-state index contributed by atoms with van der Waals surface area (Å²) in [6.07, 6.45) is -3.12. The first-order valence-corrected chi connectivity index (χ1v) is 12.9. The summed E-state index contributed by atoms with van der Waals surface area (Å²) in [4.78, 5) is 22.4. The second-order valence-electron chi connectivity index (χ2n) is 9.24. The van der Waals surface area contributed by atoms with Crippen molar-refractivity contribution in [2.24, 2.45) is 0 Å². The molecule has 2 aromatic rings. The summed E-state index contributed by atoms with van der Waals surface area (Å²) in [6, 6.07) is 10.6. The number of carbonyl (C=O) groups is 1. The molecule has 2 saturated heterocycles. The van der Waals surface area contributed by atoms with Crippen molar-refractivity contribution < 1.29 is 42.2 Å². The molecule has 37 heavy (non-hydrogen) atoms. The molecule has 0 amide bonds. The fraction of sp³-hybridized carbons (Fsp3) is 0.458. The van der Waals surface area contributed by atoms with E-state index in [-0.39, 0.29) is 30.2 Å². The van der Waals surface area contributed by atoms with E-state index in [0.29, 0.717) is 11.3 Å². The SMILES string of the molecule is COC(=O)C[C@@H]1[C@@H]2OC(C)(C)O[C@@H]2[C@H](O)CN1S(=O)(=O)c1ccc(OCc2ccc([N+](=O)[O-])cc2)cc1. The monoisotopic (exact) mass is 536 g/mol. The van der Waals surface area contributed by atoms with Crippen LogP contribution >= 0.6 is 0 Å². The van der Waals surface area contributed by atoms with Crippen molar-refractivity contribution in [2.45, 2.75) is 61.9 Å². The molecule has 2 fully saturated rings. The highest BCUT2D eigenvalue weighted by atomic mass is 32.2. The average Bonchev–Trinajstić information content (AvgIpc) is 3.20. The van der Waals surface area contributed by atoms with Gasteiger partial charge in [-0.25, -0.2) is 8.42 Å². The van der Waals surface area contributed by atoms with Gasteiger partial charge in [-0.1, -0.05) is 0 Å². The minimum atomic E-state index is -4.16. The Bertz CT molecular complexity index is 1250. The van der Waals surface area contributed by atoms with Gasteiger partial charge < -0.3 is 24.1 Å². The van der Waals surface area contributed by atoms with Crippen LogP contribution in [0.2, 0.25) is 0 Å². The number of sulfonamides is 1. The van der Waals surface area contributed by atoms with Crippen LogP contribution in [0.25, 0.3) is 0 Å². The number of nitrogens with zero attached hydrogens (tertiary/aromatic N) is 2. The van der Waals surface area contributed by atoms with Gasteiger partial charge >= 0.3 is 5.97 Å². The van der Waals surface area contributed by atoms with E-state index in [9.17, 15) is 28.4 Å². The largest absolute Gasteiger partial charge is 0.489 e. The van der Waals surface area contributed by atoms with Crippen LogP contribution in [0.1, 0.15) is 25.8 Å². The highest BCUT2D eigenvalue weighted by Gasteiger charge is 2.56. The summed E-state index contributed by atoms with van der Waals surface area (Å²) in [5.41, 5.74) is 0.669. The van der Waals surface area contributed by atoms with Gasteiger partial charge in [-0.05, 0) is 55.8 Å². The molecular weight excluding hydrogens is 508 g/mol. The maximum atomic E-state index is 13.6. The maximum absolute atomic E-state index is 13.6. The molecule has 2 aliphatic rings. The van der Waals surface area contributed by atoms with E-state index in [0.717, 1.165) is 4.31 Å². The molecule has 0 spiro atoms. The van der Waals surface area contributed by atoms with Gasteiger partial charge in [-0.2, -0.15) is 4.31 Å². The molecule has 4 rings (SSSR count). The number of ether oxygens (including phenoxy) is 4. The van der Waals surface area contributed by atoms with Crippen molar-refractivity contribution in [1.82, 2.24) is 4.31 Å². The number of aliphatic hydroxyl groups is 1. The Balaban J connectivity index is 1.52. The predicted octanol–water partition coefficient (Wildman–Crippen LogP) is 1.99. The number of benzene rings is 2. The molecule has 0 bridgehead atoms. The van der Waals surface area contributed by atoms with E-state index in [1.54, 1.807) is 26.0 Å². The lowest BCUT2D eigenvalue weighted by atomic mass is 9.94. The van der Waals surface area contributed by atoms with Crippen LogP contribution in [0.15, 0.2) is 53.4 Å². The van der Waals surface area contributed by atoms with Gasteiger partial charge in [0.05, 0.1) is 35.5 Å². The van der Waals surface area contributed by atoms with Gasteiger partial charge in [0.15, 0.2) is 5.79 Å². The standard InChI is InChI=1S/C24H28N2O10S/c1-24(2)35-22-19(12-21(28)33-3)25(13-20(27)23(22)36-24)37(31,32)18-10-8-17(9-11-18)34-14-15-4-6-16(7-5-15)26(29)30/h4-11,19-20,22-23,27H,12-14H2,1-3H3/t19-,20-,22+,23-/m1/s1. The molecule has 2 aliphatic heterocycles. The second kappa shape index (κ2) is 10.3. The van der Waals surface area contributed by atoms with Crippen LogP contribution in [0, 0.1) is 10.1 Å². The number of non-ortho nitro benzene ring substituents is 1. The van der Waals surface area contributed by atoms with E-state index in [1.807, 2.05) is 0 Å². The van der Waals surface area contributed by atoms with Crippen molar-refractivity contribution in [3.05, 3.63) is 64.2 Å². The van der Waals surface area contributed by atoms with E-state index >= 15 is 0 Å². The zero-order chi connectivity index (χ0) is 27.0. The quantitative estimate of drug-likeness (QED) is 0.301. The molecule has 1 N–H and O–H groups in total. The molecule has 2 aromatic carbocycles. The first kappa shape index (κ1) is 26.9. The molecule has 0 radical (unpaired) electrons. The molecule has 0 saturated carbocycles. The summed E-state index contributed by atoms with van der Waals surface area (Å²) < 4.78 is 50.4. The number of nitro benzene ring substituents is 1. The molecule has 12 nitrogen and oxygen atoms in total. The third-order valence-corrected chi connectivity index (χ3v) is 8.15. The Kier molecular flexibility index (Phi) is 7.53. The summed E-state index contributed by atoms with van der Waals surface area (Å²) in [5.74, 6) is -1.30. The van der Waals surface area contributed by atoms with Crippen LogP contribution in [0.3, 0.4) is 0 Å². The topological polar surface area (TPSA) is 155 Å². The smallest absolute Gasteiger partial charge is 0.307 e. The zero-order valence-corrected chi connectivity index (χ0v) is 21.3. The number of aliphatic hydroxyl groups excluding tert-OH is 1. The lowest BCUT2D eigenvalue weighted by Gasteiger charge is -2.42. The van der Waals surface area contributed by atoms with Crippen LogP contribution in [0.4, 0.5) is 5.69 Å². The molecule has 13 heteroatoms. The maximum Gasteiger partial charge on any atom is 0.307 e. The normalized spacial score (nSPS) is 25.3. The van der Waals surface area contributed by atoms with Gasteiger partial charge in [0.2, 0.25) is 10.0 Å². The van der Waals surface area contributed by atoms with E-state index < -0.39 is 51.1 Å². The number of rotatable bonds is 8. The number of β-amino-alcohol motifs (C(OH)–C–C–N with tert-alkyl or cyclic N) is 1. The van der Waals surface area contributed by atoms with Gasteiger partial charge in [0, 0.05) is 18.7 Å². The van der Waals surface area contributed by atoms with Crippen LogP contribution in [-0.2, 0) is 35.6 Å². The third-order valence-electron chi connectivity index (χ3n) is 6.25. The number of methoxy groups -OCH3 is 1. The van der Waals surface area contributed by atoms with Crippen LogP contribution in [-0.4, -0.2) is 72.5 Å². The van der Waals surface area contributed by atoms with E-state index in [1.165, 1.54) is 43.5 Å². The third kappa shape index (κ3) is 5.75. The Morgan fingerprint density at radius 3 is 2.35 bits per heavy atom. The lowest BCUT2D eigenvalue weighted by Crippen LogP contribution is -2.62. The number of piperidine rings is 1. The second-order valence-corrected chi connectivity index (χ2v) is 11.1. The summed E-state index contributed by atoms with van der Waals surface area (Å²) >= 11 is 0. The summed E-state index contributed by atoms with van der Waals surface area (Å²) in [5, 5.41) is 21.5. The van der Waals surface area contributed by atoms with Crippen molar-refractivity contribution >= 4 is 21.7 Å². The van der Waals surface area contributed by atoms with E-state index in [2.05, 4.69) is 0 Å². The van der Waals surface area contributed by atoms with E-state index in [4.69, 9.17) is 18.9 Å². The van der Waals surface area contributed by atoms with Crippen molar-refractivity contribution in [1.29, 1.82) is 0 Å². The van der Waals surface area contributed by atoms with Crippen LogP contribution < -0.4 is 4.74 Å². The fourth-order valence-corrected chi connectivity index (χ4v) is 6.12. The minimum absolute atomic E-state index is 0.0314. The molecular formula is C24H28N2O10S. The first-order chi connectivity index (χ1) is 17.4. The summed E-state index contributed by atoms with van der Waals surface area (Å²) in [6.45, 7) is 3.14. The Morgan fingerprint density at radius 1 is 1.14 bits per heavy atom. The summed E-state index contributed by atoms with van der Waals surface area (Å²) in [7, 11) is -2.95. The van der Waals surface area contributed by atoms with Gasteiger partial charge in [0.1, 0.15) is 24.6 Å². The molecule has 2 heterocycles. The molecule has 0 aliphatic carbocycles. The number of hydrogen-bond acceptors (Lipinski definition) is 10. The number of hydrogen-bond donors (Lipinski definition) is 1. The highest BCUT2D eigenvalue weighted by molar-refractivity contribution is 7.89. The van der Waals surface area contributed by atoms with Gasteiger partial charge in [0.25, 0.3) is 5.69 Å². The zero-order valence-electron chi connectivity index (χ0n) is 20.5. The van der Waals surface area contributed by atoms with Crippen molar-refractivity contribution in [2.75, 3.05) is 13.7 Å². The average molecular weight is 537 g/mol. The Labute approximate surface area is 213 Å². The highest BCUT2D eigenvalue weighted by Crippen LogP contribution is 2.39. The minimum Gasteiger partial charge on any atom is -0.489 e. The Morgan fingerprint density at radius 2 is 1.76 bits per heavy atom. The number of fused-ring (bicyclic) bond motifs is 1. The first-order valence-electron chi connectivity index (χ1n) is 11.5. The number of carbonyl (C=O) groups excluding carboxylic acids is 1. The Hall–Kier alpha value is -3.10. The van der Waals surface area contributed by atoms with Crippen LogP contribution in [0.5, 0.6) is 5.75 Å². The molecule has 0 unspecified atom stereocenters. The fourth-order valence-electron chi connectivity index (χ4n) is 4.47. The molecule has 0 aromatic heterocycles. The number of esters is 1. The lowest BCUT2D eigenvalue weighted by molar-refractivity contribution is -0.384. The van der Waals surface area contributed by atoms with Crippen molar-refractivity contribution in [3.8, 4) is 5.75 Å². The number of nitro groups is 1. The molecule has 200 valence electrons. The van der Waals surface area contributed by atoms with Gasteiger partial charge in [-0.15, -0.1) is 0 Å².